The molecule has 2 aromatic carbocycles. The van der Waals surface area contributed by atoms with Gasteiger partial charge in [0.2, 0.25) is 0 Å². The first-order chi connectivity index (χ1) is 11.7. The van der Waals surface area contributed by atoms with Gasteiger partial charge >= 0.3 is 5.97 Å². The van der Waals surface area contributed by atoms with Gasteiger partial charge in [0.25, 0.3) is 0 Å². The number of carbonyl (C=O) groups excluding carboxylic acids is 1. The van der Waals surface area contributed by atoms with E-state index in [9.17, 15) is 4.79 Å². The lowest BCUT2D eigenvalue weighted by Crippen LogP contribution is -2.08. The molecule has 0 aliphatic carbocycles. The van der Waals surface area contributed by atoms with Crippen molar-refractivity contribution in [3.63, 3.8) is 0 Å². The van der Waals surface area contributed by atoms with Crippen LogP contribution in [0.15, 0.2) is 54.6 Å². The van der Waals surface area contributed by atoms with Crippen molar-refractivity contribution in [1.82, 2.24) is 5.48 Å². The van der Waals surface area contributed by atoms with Gasteiger partial charge < -0.3 is 14.7 Å². The molecule has 0 unspecified atom stereocenters. The van der Waals surface area contributed by atoms with Crippen LogP contribution < -0.4 is 10.2 Å². The zero-order valence-corrected chi connectivity index (χ0v) is 13.8. The van der Waals surface area contributed by atoms with Crippen molar-refractivity contribution in [1.29, 1.82) is 0 Å². The molecule has 5 nitrogen and oxygen atoms in total. The van der Waals surface area contributed by atoms with Crippen molar-refractivity contribution >= 4 is 11.5 Å². The molecule has 0 amide bonds. The van der Waals surface area contributed by atoms with Crippen LogP contribution in [0.4, 0.5) is 0 Å². The third-order valence-electron chi connectivity index (χ3n) is 3.58. The van der Waals surface area contributed by atoms with Crippen molar-refractivity contribution in [3.8, 4) is 5.75 Å². The number of rotatable bonds is 7. The van der Waals surface area contributed by atoms with Crippen LogP contribution in [-0.4, -0.2) is 18.3 Å². The van der Waals surface area contributed by atoms with E-state index in [-0.39, 0.29) is 5.97 Å². The Morgan fingerprint density at radius 1 is 1.21 bits per heavy atom. The highest BCUT2D eigenvalue weighted by molar-refractivity contribution is 6.16. The smallest absolute Gasteiger partial charge is 0.338 e. The molecule has 0 aromatic heterocycles. The highest BCUT2D eigenvalue weighted by atomic mass is 16.5. The number of benzene rings is 2. The van der Waals surface area contributed by atoms with E-state index in [4.69, 9.17) is 14.7 Å². The number of hydrogen-bond acceptors (Lipinski definition) is 5. The second-order valence-corrected chi connectivity index (χ2v) is 5.12. The maximum Gasteiger partial charge on any atom is 0.338 e. The summed E-state index contributed by atoms with van der Waals surface area (Å²) in [6.45, 7) is 2.47. The van der Waals surface area contributed by atoms with Gasteiger partial charge in [-0.15, -0.1) is 0 Å². The number of allylic oxidation sites excluding steroid dienone is 1. The van der Waals surface area contributed by atoms with Crippen LogP contribution in [0.2, 0.25) is 0 Å². The molecule has 126 valence electrons. The number of hydroxylamine groups is 1. The lowest BCUT2D eigenvalue weighted by Gasteiger charge is -2.13. The van der Waals surface area contributed by atoms with Crippen LogP contribution in [0.3, 0.4) is 0 Å². The fraction of sp³-hybridized carbons (Fsp3) is 0.211. The van der Waals surface area contributed by atoms with Crippen molar-refractivity contribution in [2.75, 3.05) is 7.11 Å². The standard InChI is InChI=1S/C19H21NO4/c1-3-17(19(21)23-2)18-10-5-4-8-15(18)13-24-16-9-6-7-14(11-16)12-20-22/h3-11,20,22H,12-13H2,1-2H3. The Morgan fingerprint density at radius 2 is 2.00 bits per heavy atom. The largest absolute Gasteiger partial charge is 0.489 e. The Morgan fingerprint density at radius 3 is 2.71 bits per heavy atom. The van der Waals surface area contributed by atoms with Crippen molar-refractivity contribution in [2.24, 2.45) is 0 Å². The zero-order chi connectivity index (χ0) is 17.4. The van der Waals surface area contributed by atoms with E-state index in [1.54, 1.807) is 13.0 Å². The lowest BCUT2D eigenvalue weighted by atomic mass is 10.00. The number of hydrogen-bond donors (Lipinski definition) is 2. The van der Waals surface area contributed by atoms with Gasteiger partial charge in [-0.1, -0.05) is 42.5 Å². The lowest BCUT2D eigenvalue weighted by molar-refractivity contribution is -0.133. The number of carbonyl (C=O) groups is 1. The third-order valence-corrected chi connectivity index (χ3v) is 3.58. The average Bonchev–Trinajstić information content (AvgIpc) is 2.62. The molecular formula is C19H21NO4. The Kier molecular flexibility index (Phi) is 6.54. The highest BCUT2D eigenvalue weighted by Crippen LogP contribution is 2.23. The molecule has 0 saturated carbocycles. The number of esters is 1. The molecule has 2 aromatic rings. The first-order valence-electron chi connectivity index (χ1n) is 7.61. The maximum absolute atomic E-state index is 11.9. The Balaban J connectivity index is 2.19. The van der Waals surface area contributed by atoms with Gasteiger partial charge in [0.1, 0.15) is 12.4 Å². The summed E-state index contributed by atoms with van der Waals surface area (Å²) in [4.78, 5) is 11.9. The summed E-state index contributed by atoms with van der Waals surface area (Å²) in [6.07, 6.45) is 1.73. The second-order valence-electron chi connectivity index (χ2n) is 5.12. The number of ether oxygens (including phenoxy) is 2. The molecule has 0 fully saturated rings. The molecule has 0 aliphatic rings. The molecule has 0 radical (unpaired) electrons. The van der Waals surface area contributed by atoms with Crippen LogP contribution in [0.25, 0.3) is 5.57 Å². The van der Waals surface area contributed by atoms with Gasteiger partial charge in [0.05, 0.1) is 12.7 Å². The minimum atomic E-state index is -0.374. The Bertz CT molecular complexity index is 725. The molecule has 0 aliphatic heterocycles. The van der Waals surface area contributed by atoms with Gasteiger partial charge in [-0.05, 0) is 35.7 Å². The quantitative estimate of drug-likeness (QED) is 0.464. The second kappa shape index (κ2) is 8.86. The topological polar surface area (TPSA) is 67.8 Å². The zero-order valence-electron chi connectivity index (χ0n) is 13.8. The van der Waals surface area contributed by atoms with E-state index in [2.05, 4.69) is 5.48 Å². The molecule has 2 rings (SSSR count). The highest BCUT2D eigenvalue weighted by Gasteiger charge is 2.15. The fourth-order valence-electron chi connectivity index (χ4n) is 2.40. The van der Waals surface area contributed by atoms with Crippen molar-refractivity contribution < 1.29 is 19.5 Å². The van der Waals surface area contributed by atoms with Crippen LogP contribution in [0, 0.1) is 0 Å². The van der Waals surface area contributed by atoms with E-state index in [0.717, 1.165) is 16.7 Å². The molecule has 5 heteroatoms. The minimum Gasteiger partial charge on any atom is -0.489 e. The van der Waals surface area contributed by atoms with Crippen molar-refractivity contribution in [2.45, 2.75) is 20.1 Å². The van der Waals surface area contributed by atoms with E-state index < -0.39 is 0 Å². The Hall–Kier alpha value is -2.63. The summed E-state index contributed by atoms with van der Waals surface area (Å²) < 4.78 is 10.7. The van der Waals surface area contributed by atoms with Gasteiger partial charge in [0.15, 0.2) is 0 Å². The van der Waals surface area contributed by atoms with E-state index in [1.807, 2.05) is 48.5 Å². The summed E-state index contributed by atoms with van der Waals surface area (Å²) in [5.74, 6) is 0.318. The fourth-order valence-corrected chi connectivity index (χ4v) is 2.40. The Labute approximate surface area is 141 Å². The molecule has 0 atom stereocenters. The maximum atomic E-state index is 11.9. The minimum absolute atomic E-state index is 0.320. The van der Waals surface area contributed by atoms with Crippen LogP contribution in [0.5, 0.6) is 5.75 Å². The summed E-state index contributed by atoms with van der Waals surface area (Å²) in [7, 11) is 1.37. The van der Waals surface area contributed by atoms with Gasteiger partial charge in [0, 0.05) is 6.54 Å². The molecule has 2 N–H and O–H groups in total. The van der Waals surface area contributed by atoms with E-state index >= 15 is 0 Å². The molecule has 0 spiro atoms. The molecule has 0 bridgehead atoms. The SMILES string of the molecule is CC=C(C(=O)OC)c1ccccc1COc1cccc(CNO)c1. The first kappa shape index (κ1) is 17.7. The average molecular weight is 327 g/mol. The van der Waals surface area contributed by atoms with Crippen molar-refractivity contribution in [3.05, 3.63) is 71.3 Å². The van der Waals surface area contributed by atoms with Gasteiger partial charge in [-0.25, -0.2) is 10.3 Å². The number of nitrogens with one attached hydrogen (secondary N) is 1. The van der Waals surface area contributed by atoms with E-state index in [1.165, 1.54) is 7.11 Å². The normalized spacial score (nSPS) is 11.2. The predicted molar refractivity (Wildman–Crippen MR) is 91.5 cm³/mol. The third kappa shape index (κ3) is 4.44. The predicted octanol–water partition coefficient (Wildman–Crippen LogP) is 3.32. The first-order valence-corrected chi connectivity index (χ1v) is 7.61. The van der Waals surface area contributed by atoms with Crippen LogP contribution in [0.1, 0.15) is 23.6 Å². The summed E-state index contributed by atoms with van der Waals surface area (Å²) in [5, 5.41) is 8.78. The van der Waals surface area contributed by atoms with Crippen LogP contribution >= 0.6 is 0 Å². The molecule has 24 heavy (non-hydrogen) atoms. The van der Waals surface area contributed by atoms with Gasteiger partial charge in [-0.3, -0.25) is 0 Å². The monoisotopic (exact) mass is 327 g/mol. The molecule has 0 heterocycles. The van der Waals surface area contributed by atoms with E-state index in [0.29, 0.717) is 24.5 Å². The molecule has 0 saturated heterocycles. The summed E-state index contributed by atoms with van der Waals surface area (Å²) >= 11 is 0. The summed E-state index contributed by atoms with van der Waals surface area (Å²) in [6, 6.07) is 15.0. The number of methoxy groups -OCH3 is 1. The van der Waals surface area contributed by atoms with Gasteiger partial charge in [-0.2, -0.15) is 0 Å². The van der Waals surface area contributed by atoms with Crippen LogP contribution in [-0.2, 0) is 22.7 Å². The summed E-state index contributed by atoms with van der Waals surface area (Å²) in [5.41, 5.74) is 5.22. The molecular weight excluding hydrogens is 306 g/mol.